The Labute approximate surface area is 241 Å². The van der Waals surface area contributed by atoms with Crippen LogP contribution in [0.15, 0.2) is 59.5 Å². The first-order valence-electron chi connectivity index (χ1n) is 10.8. The fraction of sp³-hybridized carbons (Fsp3) is 0.154. The first-order chi connectivity index (χ1) is 17.2. The molecule has 3 aromatic rings. The van der Waals surface area contributed by atoms with E-state index in [2.05, 4.69) is 22.6 Å². The van der Waals surface area contributed by atoms with Crippen molar-refractivity contribution >= 4 is 86.4 Å². The Morgan fingerprint density at radius 2 is 1.69 bits per heavy atom. The molecule has 1 saturated heterocycles. The number of benzene rings is 3. The number of thioether (sulfide) groups is 1. The van der Waals surface area contributed by atoms with E-state index in [0.29, 0.717) is 50.2 Å². The number of halogens is 4. The Kier molecular flexibility index (Phi) is 9.11. The van der Waals surface area contributed by atoms with Crippen LogP contribution in [0.4, 0.5) is 4.79 Å². The lowest BCUT2D eigenvalue weighted by Gasteiger charge is -2.15. The van der Waals surface area contributed by atoms with Crippen molar-refractivity contribution in [3.63, 3.8) is 0 Å². The van der Waals surface area contributed by atoms with Gasteiger partial charge in [-0.1, -0.05) is 53.0 Å². The van der Waals surface area contributed by atoms with Gasteiger partial charge in [-0.15, -0.1) is 0 Å². The lowest BCUT2D eigenvalue weighted by Crippen LogP contribution is -2.27. The third-order valence-electron chi connectivity index (χ3n) is 5.14. The fourth-order valence-corrected chi connectivity index (χ4v) is 5.63. The predicted octanol–water partition coefficient (Wildman–Crippen LogP) is 8.47. The molecule has 0 saturated carbocycles. The molecule has 0 atom stereocenters. The van der Waals surface area contributed by atoms with Gasteiger partial charge >= 0.3 is 0 Å². The van der Waals surface area contributed by atoms with Crippen molar-refractivity contribution in [2.24, 2.45) is 0 Å². The molecular formula is C26H19Cl3INO4S. The maximum absolute atomic E-state index is 13.0. The van der Waals surface area contributed by atoms with Crippen LogP contribution in [0.2, 0.25) is 15.1 Å². The van der Waals surface area contributed by atoms with Gasteiger partial charge in [-0.2, -0.15) is 0 Å². The first kappa shape index (κ1) is 27.1. The molecule has 4 rings (SSSR count). The fourth-order valence-electron chi connectivity index (χ4n) is 3.42. The zero-order valence-corrected chi connectivity index (χ0v) is 24.1. The minimum atomic E-state index is -0.382. The lowest BCUT2D eigenvalue weighted by molar-refractivity contribution is -0.123. The highest BCUT2D eigenvalue weighted by Crippen LogP contribution is 2.38. The number of carbonyl (C=O) groups is 2. The van der Waals surface area contributed by atoms with Crippen molar-refractivity contribution in [3.8, 4) is 11.5 Å². The highest BCUT2D eigenvalue weighted by molar-refractivity contribution is 14.1. The molecule has 0 unspecified atom stereocenters. The van der Waals surface area contributed by atoms with Crippen LogP contribution >= 0.6 is 69.2 Å². The predicted molar refractivity (Wildman–Crippen MR) is 154 cm³/mol. The summed E-state index contributed by atoms with van der Waals surface area (Å²) >= 11 is 21.2. The van der Waals surface area contributed by atoms with Gasteiger partial charge in [-0.05, 0) is 100 Å². The molecule has 1 aliphatic rings. The van der Waals surface area contributed by atoms with Crippen LogP contribution in [-0.4, -0.2) is 22.7 Å². The Bertz CT molecular complexity index is 1350. The number of hydrogen-bond acceptors (Lipinski definition) is 5. The molecule has 1 fully saturated rings. The van der Waals surface area contributed by atoms with E-state index in [4.69, 9.17) is 44.3 Å². The van der Waals surface area contributed by atoms with Gasteiger partial charge in [0, 0.05) is 15.1 Å². The number of ether oxygens (including phenoxy) is 2. The molecule has 1 heterocycles. The second kappa shape index (κ2) is 12.1. The quantitative estimate of drug-likeness (QED) is 0.177. The van der Waals surface area contributed by atoms with Gasteiger partial charge in [0.25, 0.3) is 11.1 Å². The van der Waals surface area contributed by atoms with E-state index in [9.17, 15) is 9.59 Å². The van der Waals surface area contributed by atoms with Crippen LogP contribution in [-0.2, 0) is 17.9 Å². The van der Waals surface area contributed by atoms with Crippen LogP contribution in [0, 0.1) is 3.57 Å². The maximum atomic E-state index is 13.0. The van der Waals surface area contributed by atoms with Crippen LogP contribution in [0.25, 0.3) is 6.08 Å². The Morgan fingerprint density at radius 1 is 0.972 bits per heavy atom. The Morgan fingerprint density at radius 3 is 2.39 bits per heavy atom. The zero-order chi connectivity index (χ0) is 25.8. The molecule has 0 aromatic heterocycles. The molecule has 36 heavy (non-hydrogen) atoms. The summed E-state index contributed by atoms with van der Waals surface area (Å²) in [6.45, 7) is 2.74. The number of rotatable bonds is 8. The Hall–Kier alpha value is -1.91. The van der Waals surface area contributed by atoms with Crippen molar-refractivity contribution in [1.82, 2.24) is 4.90 Å². The highest BCUT2D eigenvalue weighted by atomic mass is 127. The normalized spacial score (nSPS) is 14.6. The van der Waals surface area contributed by atoms with E-state index < -0.39 is 0 Å². The largest absolute Gasteiger partial charge is 0.490 e. The first-order valence-corrected chi connectivity index (χ1v) is 13.8. The van der Waals surface area contributed by atoms with Crippen molar-refractivity contribution in [3.05, 3.63) is 94.8 Å². The van der Waals surface area contributed by atoms with Crippen LogP contribution in [0.3, 0.4) is 0 Å². The second-order valence-electron chi connectivity index (χ2n) is 7.68. The number of carbonyl (C=O) groups excluding carboxylic acids is 2. The molecule has 3 aromatic carbocycles. The third-order valence-corrected chi connectivity index (χ3v) is 7.69. The summed E-state index contributed by atoms with van der Waals surface area (Å²) in [7, 11) is 0. The molecule has 0 radical (unpaired) electrons. The number of nitrogens with zero attached hydrogens (tertiary/aromatic N) is 1. The molecule has 10 heteroatoms. The van der Waals surface area contributed by atoms with Crippen LogP contribution in [0.5, 0.6) is 11.5 Å². The Balaban J connectivity index is 1.55. The van der Waals surface area contributed by atoms with Crippen molar-refractivity contribution in [2.45, 2.75) is 20.1 Å². The maximum Gasteiger partial charge on any atom is 0.293 e. The van der Waals surface area contributed by atoms with E-state index in [1.54, 1.807) is 30.3 Å². The van der Waals surface area contributed by atoms with Gasteiger partial charge in [-0.25, -0.2) is 0 Å². The van der Waals surface area contributed by atoms with Crippen molar-refractivity contribution < 1.29 is 19.1 Å². The summed E-state index contributed by atoms with van der Waals surface area (Å²) in [6, 6.07) is 16.1. The molecule has 2 amide bonds. The van der Waals surface area contributed by atoms with Gasteiger partial charge in [0.05, 0.1) is 21.6 Å². The smallest absolute Gasteiger partial charge is 0.293 e. The summed E-state index contributed by atoms with van der Waals surface area (Å²) < 4.78 is 12.7. The van der Waals surface area contributed by atoms with Gasteiger partial charge in [0.1, 0.15) is 6.61 Å². The molecule has 0 bridgehead atoms. The van der Waals surface area contributed by atoms with E-state index in [-0.39, 0.29) is 17.7 Å². The topological polar surface area (TPSA) is 55.8 Å². The average Bonchev–Trinajstić information content (AvgIpc) is 3.08. The summed E-state index contributed by atoms with van der Waals surface area (Å²) in [5, 5.41) is 1.18. The number of amides is 2. The molecule has 0 N–H and O–H groups in total. The summed E-state index contributed by atoms with van der Waals surface area (Å²) in [4.78, 5) is 27.1. The monoisotopic (exact) mass is 673 g/mol. The van der Waals surface area contributed by atoms with Crippen LogP contribution in [0.1, 0.15) is 23.6 Å². The summed E-state index contributed by atoms with van der Waals surface area (Å²) in [6.07, 6.45) is 1.68. The summed E-state index contributed by atoms with van der Waals surface area (Å²) in [5.74, 6) is 0.777. The van der Waals surface area contributed by atoms with E-state index >= 15 is 0 Å². The molecule has 5 nitrogen and oxygen atoms in total. The van der Waals surface area contributed by atoms with Crippen LogP contribution < -0.4 is 9.47 Å². The van der Waals surface area contributed by atoms with Gasteiger partial charge in [0.15, 0.2) is 11.5 Å². The van der Waals surface area contributed by atoms with Gasteiger partial charge < -0.3 is 9.47 Å². The van der Waals surface area contributed by atoms with Crippen molar-refractivity contribution in [1.29, 1.82) is 0 Å². The van der Waals surface area contributed by atoms with Gasteiger partial charge in [0.2, 0.25) is 0 Å². The summed E-state index contributed by atoms with van der Waals surface area (Å²) in [5.41, 5.74) is 2.33. The second-order valence-corrected chi connectivity index (χ2v) is 11.1. The van der Waals surface area contributed by atoms with E-state index in [0.717, 1.165) is 26.5 Å². The minimum absolute atomic E-state index is 0.0667. The molecular weight excluding hydrogens is 656 g/mol. The van der Waals surface area contributed by atoms with E-state index in [1.165, 1.54) is 4.90 Å². The molecule has 0 aliphatic carbocycles. The SMILES string of the molecule is CCOc1cc(/C=C2/SC(=O)N(Cc3ccc(Cl)cc3Cl)C2=O)cc(I)c1OCc1ccc(Cl)cc1. The lowest BCUT2D eigenvalue weighted by atomic mass is 10.1. The number of hydrogen-bond donors (Lipinski definition) is 0. The van der Waals surface area contributed by atoms with Gasteiger partial charge in [-0.3, -0.25) is 14.5 Å². The third kappa shape index (κ3) is 6.50. The highest BCUT2D eigenvalue weighted by Gasteiger charge is 2.35. The zero-order valence-electron chi connectivity index (χ0n) is 18.9. The average molecular weight is 675 g/mol. The minimum Gasteiger partial charge on any atom is -0.490 e. The number of imide groups is 1. The van der Waals surface area contributed by atoms with E-state index in [1.807, 2.05) is 37.3 Å². The van der Waals surface area contributed by atoms with Crippen molar-refractivity contribution in [2.75, 3.05) is 6.61 Å². The molecule has 1 aliphatic heterocycles. The standard InChI is InChI=1S/C26H19Cl3INO4S/c1-2-34-22-10-16(9-21(30)24(22)35-14-15-3-6-18(27)7-4-15)11-23-25(32)31(26(33)36-23)13-17-5-8-19(28)12-20(17)29/h3-12H,2,13-14H2,1H3/b23-11+. The molecule has 186 valence electrons. The molecule has 0 spiro atoms.